The topological polar surface area (TPSA) is 86.7 Å². The summed E-state index contributed by atoms with van der Waals surface area (Å²) in [5.74, 6) is 0.208. The minimum atomic E-state index is -0.899. The number of nitrogens with one attached hydrogen (secondary N) is 1. The Morgan fingerprint density at radius 3 is 2.80 bits per heavy atom. The van der Waals surface area contributed by atoms with Gasteiger partial charge in [-0.3, -0.25) is 19.3 Å². The van der Waals surface area contributed by atoms with E-state index in [1.165, 1.54) is 6.08 Å². The first-order valence-electron chi connectivity index (χ1n) is 9.93. The SMILES string of the molecule is O=C(O)CN1CCCSC[C@H]1C1=CC=CC(=O)[C@@H]1NC(=O)[C@@H](S)Cc1ccccc1. The lowest BCUT2D eigenvalue weighted by Crippen LogP contribution is -2.52. The number of benzene rings is 1. The number of aliphatic carboxylic acids is 1. The average molecular weight is 447 g/mol. The molecule has 3 atom stereocenters. The Bertz CT molecular complexity index is 841. The van der Waals surface area contributed by atoms with Gasteiger partial charge >= 0.3 is 5.97 Å². The van der Waals surface area contributed by atoms with Crippen LogP contribution in [0.2, 0.25) is 0 Å². The number of amides is 1. The number of ketones is 1. The van der Waals surface area contributed by atoms with Crippen LogP contribution in [0.4, 0.5) is 0 Å². The number of thioether (sulfide) groups is 1. The summed E-state index contributed by atoms with van der Waals surface area (Å²) in [6, 6.07) is 8.57. The molecule has 1 heterocycles. The maximum absolute atomic E-state index is 12.8. The predicted molar refractivity (Wildman–Crippen MR) is 122 cm³/mol. The van der Waals surface area contributed by atoms with E-state index in [9.17, 15) is 19.5 Å². The van der Waals surface area contributed by atoms with Crippen molar-refractivity contribution in [3.05, 3.63) is 59.7 Å². The lowest BCUT2D eigenvalue weighted by molar-refractivity contribution is -0.138. The molecule has 8 heteroatoms. The van der Waals surface area contributed by atoms with Crippen LogP contribution in [-0.2, 0) is 20.8 Å². The molecule has 1 aliphatic carbocycles. The van der Waals surface area contributed by atoms with Crippen molar-refractivity contribution in [2.24, 2.45) is 0 Å². The Balaban J connectivity index is 1.75. The van der Waals surface area contributed by atoms with Gasteiger partial charge in [-0.2, -0.15) is 24.4 Å². The van der Waals surface area contributed by atoms with Gasteiger partial charge in [0.05, 0.1) is 11.8 Å². The van der Waals surface area contributed by atoms with Crippen LogP contribution in [0.15, 0.2) is 54.1 Å². The summed E-state index contributed by atoms with van der Waals surface area (Å²) in [6.07, 6.45) is 6.30. The van der Waals surface area contributed by atoms with Gasteiger partial charge in [-0.15, -0.1) is 0 Å². The molecule has 1 aliphatic heterocycles. The van der Waals surface area contributed by atoms with E-state index >= 15 is 0 Å². The number of carboxylic acids is 1. The molecule has 160 valence electrons. The smallest absolute Gasteiger partial charge is 0.317 e. The van der Waals surface area contributed by atoms with Crippen LogP contribution in [0.1, 0.15) is 12.0 Å². The van der Waals surface area contributed by atoms with E-state index in [1.807, 2.05) is 41.3 Å². The van der Waals surface area contributed by atoms with Crippen molar-refractivity contribution in [1.82, 2.24) is 10.2 Å². The monoisotopic (exact) mass is 446 g/mol. The largest absolute Gasteiger partial charge is 0.480 e. The van der Waals surface area contributed by atoms with Gasteiger partial charge in [-0.1, -0.05) is 42.5 Å². The first-order chi connectivity index (χ1) is 14.5. The lowest BCUT2D eigenvalue weighted by atomic mass is 9.91. The van der Waals surface area contributed by atoms with Crippen molar-refractivity contribution in [2.45, 2.75) is 30.2 Å². The minimum absolute atomic E-state index is 0.0929. The number of carbonyl (C=O) groups excluding carboxylic acids is 2. The van der Waals surface area contributed by atoms with Crippen LogP contribution < -0.4 is 5.32 Å². The molecule has 2 aliphatic rings. The first-order valence-corrected chi connectivity index (χ1v) is 11.6. The van der Waals surface area contributed by atoms with Crippen molar-refractivity contribution in [1.29, 1.82) is 0 Å². The van der Waals surface area contributed by atoms with Crippen molar-refractivity contribution in [3.63, 3.8) is 0 Å². The molecule has 2 N–H and O–H groups in total. The number of thiol groups is 1. The zero-order valence-corrected chi connectivity index (χ0v) is 18.3. The fraction of sp³-hybridized carbons (Fsp3) is 0.409. The van der Waals surface area contributed by atoms with Gasteiger partial charge in [0.15, 0.2) is 5.78 Å². The van der Waals surface area contributed by atoms with Gasteiger partial charge in [0.2, 0.25) is 5.91 Å². The van der Waals surface area contributed by atoms with Gasteiger partial charge < -0.3 is 10.4 Å². The molecule has 0 spiro atoms. The molecular formula is C22H26N2O4S2. The number of nitrogens with zero attached hydrogens (tertiary/aromatic N) is 1. The Morgan fingerprint density at radius 2 is 2.07 bits per heavy atom. The van der Waals surface area contributed by atoms with Crippen LogP contribution >= 0.6 is 24.4 Å². The summed E-state index contributed by atoms with van der Waals surface area (Å²) >= 11 is 6.19. The van der Waals surface area contributed by atoms with E-state index in [0.29, 0.717) is 18.7 Å². The summed E-state index contributed by atoms with van der Waals surface area (Å²) in [4.78, 5) is 38.7. The Morgan fingerprint density at radius 1 is 1.30 bits per heavy atom. The van der Waals surface area contributed by atoms with E-state index < -0.39 is 17.3 Å². The summed E-state index contributed by atoms with van der Waals surface area (Å²) < 4.78 is 0. The number of allylic oxidation sites excluding steroid dienone is 2. The maximum atomic E-state index is 12.8. The standard InChI is InChI=1S/C22H26N2O4S2/c25-18-9-4-8-16(17-14-30-11-5-10-24(17)13-20(26)27)21(18)23-22(28)19(29)12-15-6-2-1-3-7-15/h1-4,6-9,17,19,21,29H,5,10-14H2,(H,23,28)(H,26,27)/t17-,19-,21+/m0/s1. The fourth-order valence-corrected chi connectivity index (χ4v) is 5.14. The summed E-state index contributed by atoms with van der Waals surface area (Å²) in [5.41, 5.74) is 1.73. The van der Waals surface area contributed by atoms with Crippen molar-refractivity contribution in [3.8, 4) is 0 Å². The Labute approximate surface area is 186 Å². The van der Waals surface area contributed by atoms with Gasteiger partial charge in [-0.25, -0.2) is 0 Å². The number of carboxylic acid groups (broad SMARTS) is 1. The fourth-order valence-electron chi connectivity index (χ4n) is 3.73. The molecule has 1 fully saturated rings. The van der Waals surface area contributed by atoms with E-state index in [1.54, 1.807) is 17.8 Å². The van der Waals surface area contributed by atoms with Crippen LogP contribution in [-0.4, -0.2) is 69.6 Å². The molecule has 1 amide bonds. The van der Waals surface area contributed by atoms with Gasteiger partial charge in [0, 0.05) is 18.3 Å². The molecule has 0 bridgehead atoms. The maximum Gasteiger partial charge on any atom is 0.317 e. The second kappa shape index (κ2) is 10.8. The van der Waals surface area contributed by atoms with Crippen molar-refractivity contribution >= 4 is 42.1 Å². The highest BCUT2D eigenvalue weighted by Gasteiger charge is 2.35. The highest BCUT2D eigenvalue weighted by Crippen LogP contribution is 2.26. The molecule has 3 rings (SSSR count). The molecular weight excluding hydrogens is 420 g/mol. The summed E-state index contributed by atoms with van der Waals surface area (Å²) in [5, 5.41) is 11.6. The van der Waals surface area contributed by atoms with Crippen LogP contribution in [0.5, 0.6) is 0 Å². The van der Waals surface area contributed by atoms with Gasteiger partial charge in [0.1, 0.15) is 6.04 Å². The zero-order valence-electron chi connectivity index (χ0n) is 16.6. The van der Waals surface area contributed by atoms with Crippen molar-refractivity contribution < 1.29 is 19.5 Å². The summed E-state index contributed by atoms with van der Waals surface area (Å²) in [7, 11) is 0. The minimum Gasteiger partial charge on any atom is -0.480 e. The first kappa shape index (κ1) is 22.7. The predicted octanol–water partition coefficient (Wildman–Crippen LogP) is 1.97. The van der Waals surface area contributed by atoms with Crippen LogP contribution in [0.25, 0.3) is 0 Å². The van der Waals surface area contributed by atoms with E-state index in [0.717, 1.165) is 23.3 Å². The van der Waals surface area contributed by atoms with Crippen LogP contribution in [0.3, 0.4) is 0 Å². The zero-order chi connectivity index (χ0) is 21.5. The third-order valence-corrected chi connectivity index (χ3v) is 6.75. The highest BCUT2D eigenvalue weighted by molar-refractivity contribution is 7.99. The Hall–Kier alpha value is -2.03. The second-order valence-corrected chi connectivity index (χ2v) is 9.16. The molecule has 0 aromatic heterocycles. The number of carbonyl (C=O) groups is 3. The Kier molecular flexibility index (Phi) is 8.18. The number of hydrogen-bond donors (Lipinski definition) is 3. The van der Waals surface area contributed by atoms with Gasteiger partial charge in [0.25, 0.3) is 0 Å². The molecule has 0 saturated carbocycles. The lowest BCUT2D eigenvalue weighted by Gasteiger charge is -2.34. The number of rotatable bonds is 7. The normalized spacial score (nSPS) is 23.4. The van der Waals surface area contributed by atoms with Crippen molar-refractivity contribution in [2.75, 3.05) is 24.6 Å². The van der Waals surface area contributed by atoms with E-state index in [2.05, 4.69) is 17.9 Å². The van der Waals surface area contributed by atoms with E-state index in [-0.39, 0.29) is 24.3 Å². The highest BCUT2D eigenvalue weighted by atomic mass is 32.2. The molecule has 30 heavy (non-hydrogen) atoms. The molecule has 1 saturated heterocycles. The van der Waals surface area contributed by atoms with Gasteiger partial charge in [-0.05, 0) is 35.8 Å². The third-order valence-electron chi connectivity index (χ3n) is 5.20. The molecule has 0 unspecified atom stereocenters. The molecule has 1 aromatic rings. The van der Waals surface area contributed by atoms with Crippen LogP contribution in [0, 0.1) is 0 Å². The summed E-state index contributed by atoms with van der Waals surface area (Å²) in [6.45, 7) is 0.549. The molecule has 1 aromatic carbocycles. The quantitative estimate of drug-likeness (QED) is 0.555. The second-order valence-electron chi connectivity index (χ2n) is 7.38. The molecule has 6 nitrogen and oxygen atoms in total. The third kappa shape index (κ3) is 6.00. The molecule has 0 radical (unpaired) electrons. The average Bonchev–Trinajstić information content (AvgIpc) is 2.95. The number of hydrogen-bond acceptors (Lipinski definition) is 6. The van der Waals surface area contributed by atoms with E-state index in [4.69, 9.17) is 0 Å².